The highest BCUT2D eigenvalue weighted by molar-refractivity contribution is 6.32. The minimum Gasteiger partial charge on any atom is -0.475 e. The first-order valence-corrected chi connectivity index (χ1v) is 5.94. The fourth-order valence-corrected chi connectivity index (χ4v) is 1.89. The number of carboxylic acid groups (broad SMARTS) is 1. The monoisotopic (exact) mass is 283 g/mol. The number of aromatic nitrogens is 3. The number of benzene rings is 1. The molecule has 0 aliphatic rings. The molecule has 7 heteroatoms. The molecule has 0 bridgehead atoms. The SMILES string of the molecule is CC(C)c1nc(C(=O)O)nn1-c1c(F)cccc1Cl. The maximum atomic E-state index is 13.9. The smallest absolute Gasteiger partial charge is 0.375 e. The molecule has 0 spiro atoms. The van der Waals surface area contributed by atoms with E-state index in [1.807, 2.05) is 0 Å². The van der Waals surface area contributed by atoms with Crippen LogP contribution in [0, 0.1) is 5.82 Å². The van der Waals surface area contributed by atoms with Crippen LogP contribution >= 0.6 is 11.6 Å². The molecule has 5 nitrogen and oxygen atoms in total. The van der Waals surface area contributed by atoms with Crippen molar-refractivity contribution in [3.8, 4) is 5.69 Å². The molecule has 0 amide bonds. The summed E-state index contributed by atoms with van der Waals surface area (Å²) < 4.78 is 15.0. The van der Waals surface area contributed by atoms with Gasteiger partial charge in [0.2, 0.25) is 0 Å². The van der Waals surface area contributed by atoms with Crippen LogP contribution in [0.15, 0.2) is 18.2 Å². The lowest BCUT2D eigenvalue weighted by molar-refractivity contribution is 0.0683. The summed E-state index contributed by atoms with van der Waals surface area (Å²) in [7, 11) is 0. The third kappa shape index (κ3) is 2.44. The first-order valence-electron chi connectivity index (χ1n) is 5.56. The van der Waals surface area contributed by atoms with Gasteiger partial charge in [-0.25, -0.2) is 18.9 Å². The molecule has 100 valence electrons. The Bertz CT molecular complexity index is 620. The van der Waals surface area contributed by atoms with E-state index in [0.29, 0.717) is 5.82 Å². The second kappa shape index (κ2) is 4.97. The maximum absolute atomic E-state index is 13.9. The number of carbonyl (C=O) groups is 1. The normalized spacial score (nSPS) is 11.0. The molecule has 1 N–H and O–H groups in total. The van der Waals surface area contributed by atoms with E-state index >= 15 is 0 Å². The second-order valence-corrected chi connectivity index (χ2v) is 4.64. The molecule has 19 heavy (non-hydrogen) atoms. The van der Waals surface area contributed by atoms with Gasteiger partial charge in [0.1, 0.15) is 17.3 Å². The van der Waals surface area contributed by atoms with Crippen molar-refractivity contribution in [1.82, 2.24) is 14.8 Å². The van der Waals surface area contributed by atoms with Gasteiger partial charge in [0.25, 0.3) is 5.82 Å². The van der Waals surface area contributed by atoms with Gasteiger partial charge in [0.05, 0.1) is 5.02 Å². The Morgan fingerprint density at radius 3 is 2.68 bits per heavy atom. The molecular weight excluding hydrogens is 273 g/mol. The molecule has 1 heterocycles. The predicted octanol–water partition coefficient (Wildman–Crippen LogP) is 2.88. The molecule has 0 unspecified atom stereocenters. The van der Waals surface area contributed by atoms with Gasteiger partial charge in [0.15, 0.2) is 0 Å². The molecule has 1 aromatic carbocycles. The van der Waals surface area contributed by atoms with Gasteiger partial charge in [-0.2, -0.15) is 0 Å². The van der Waals surface area contributed by atoms with Crippen LogP contribution in [0.3, 0.4) is 0 Å². The van der Waals surface area contributed by atoms with Crippen molar-refractivity contribution < 1.29 is 14.3 Å². The first-order chi connectivity index (χ1) is 8.91. The average Bonchev–Trinajstić information content (AvgIpc) is 2.73. The van der Waals surface area contributed by atoms with E-state index in [4.69, 9.17) is 16.7 Å². The molecule has 0 radical (unpaired) electrons. The van der Waals surface area contributed by atoms with Crippen LogP contribution in [-0.4, -0.2) is 25.8 Å². The molecule has 0 fully saturated rings. The molecule has 0 aliphatic heterocycles. The van der Waals surface area contributed by atoms with Crippen LogP contribution in [0.5, 0.6) is 0 Å². The first kappa shape index (κ1) is 13.5. The zero-order valence-corrected chi connectivity index (χ0v) is 11.0. The zero-order valence-electron chi connectivity index (χ0n) is 10.3. The molecule has 1 aromatic heterocycles. The van der Waals surface area contributed by atoms with E-state index in [1.54, 1.807) is 13.8 Å². The van der Waals surface area contributed by atoms with Crippen molar-refractivity contribution in [1.29, 1.82) is 0 Å². The van der Waals surface area contributed by atoms with Crippen LogP contribution in [0.2, 0.25) is 5.02 Å². The fourth-order valence-electron chi connectivity index (χ4n) is 1.64. The number of carboxylic acids is 1. The highest BCUT2D eigenvalue weighted by Gasteiger charge is 2.21. The molecule has 0 atom stereocenters. The summed E-state index contributed by atoms with van der Waals surface area (Å²) >= 11 is 5.95. The Labute approximate surface area is 113 Å². The van der Waals surface area contributed by atoms with Crippen LogP contribution in [0.1, 0.15) is 36.2 Å². The van der Waals surface area contributed by atoms with Crippen LogP contribution in [0.25, 0.3) is 5.69 Å². The number of hydrogen-bond donors (Lipinski definition) is 1. The fraction of sp³-hybridized carbons (Fsp3) is 0.250. The maximum Gasteiger partial charge on any atom is 0.375 e. The standard InChI is InChI=1S/C12H11ClFN3O2/c1-6(2)11-15-10(12(18)19)16-17(11)9-7(13)4-3-5-8(9)14/h3-6H,1-2H3,(H,18,19). The number of para-hydroxylation sites is 1. The summed E-state index contributed by atoms with van der Waals surface area (Å²) in [5.41, 5.74) is 0.00728. The van der Waals surface area contributed by atoms with Crippen molar-refractivity contribution in [3.63, 3.8) is 0 Å². The van der Waals surface area contributed by atoms with E-state index in [1.165, 1.54) is 18.2 Å². The molecule has 0 aliphatic carbocycles. The lowest BCUT2D eigenvalue weighted by Gasteiger charge is -2.10. The Balaban J connectivity index is 2.70. The summed E-state index contributed by atoms with van der Waals surface area (Å²) in [4.78, 5) is 14.8. The lowest BCUT2D eigenvalue weighted by Crippen LogP contribution is -2.07. The highest BCUT2D eigenvalue weighted by Crippen LogP contribution is 2.26. The highest BCUT2D eigenvalue weighted by atomic mass is 35.5. The van der Waals surface area contributed by atoms with Crippen LogP contribution in [0.4, 0.5) is 4.39 Å². The summed E-state index contributed by atoms with van der Waals surface area (Å²) in [6.07, 6.45) is 0. The summed E-state index contributed by atoms with van der Waals surface area (Å²) in [6.45, 7) is 3.61. The summed E-state index contributed by atoms with van der Waals surface area (Å²) in [5.74, 6) is -2.03. The third-order valence-corrected chi connectivity index (χ3v) is 2.79. The largest absolute Gasteiger partial charge is 0.475 e. The second-order valence-electron chi connectivity index (χ2n) is 4.24. The zero-order chi connectivity index (χ0) is 14.2. The van der Waals surface area contributed by atoms with Gasteiger partial charge in [0, 0.05) is 5.92 Å². The van der Waals surface area contributed by atoms with E-state index in [9.17, 15) is 9.18 Å². The van der Waals surface area contributed by atoms with Crippen LogP contribution in [-0.2, 0) is 0 Å². The Morgan fingerprint density at radius 2 is 2.16 bits per heavy atom. The molecule has 2 aromatic rings. The number of aromatic carboxylic acids is 1. The van der Waals surface area contributed by atoms with Crippen LogP contribution < -0.4 is 0 Å². The average molecular weight is 284 g/mol. The van der Waals surface area contributed by atoms with Crippen molar-refractivity contribution in [2.45, 2.75) is 19.8 Å². The van der Waals surface area contributed by atoms with E-state index in [-0.39, 0.29) is 22.5 Å². The third-order valence-electron chi connectivity index (χ3n) is 2.49. The van der Waals surface area contributed by atoms with Crippen molar-refractivity contribution >= 4 is 17.6 Å². The van der Waals surface area contributed by atoms with E-state index in [0.717, 1.165) is 4.68 Å². The number of rotatable bonds is 3. The van der Waals surface area contributed by atoms with Gasteiger partial charge in [-0.15, -0.1) is 5.10 Å². The van der Waals surface area contributed by atoms with Gasteiger partial charge in [-0.05, 0) is 12.1 Å². The number of hydrogen-bond acceptors (Lipinski definition) is 3. The van der Waals surface area contributed by atoms with Crippen molar-refractivity contribution in [2.24, 2.45) is 0 Å². The Hall–Kier alpha value is -1.95. The van der Waals surface area contributed by atoms with Gasteiger partial charge >= 0.3 is 5.97 Å². The minimum atomic E-state index is -1.27. The van der Waals surface area contributed by atoms with E-state index in [2.05, 4.69) is 10.1 Å². The van der Waals surface area contributed by atoms with Gasteiger partial charge < -0.3 is 5.11 Å². The van der Waals surface area contributed by atoms with Gasteiger partial charge in [-0.1, -0.05) is 31.5 Å². The Morgan fingerprint density at radius 1 is 1.47 bits per heavy atom. The lowest BCUT2D eigenvalue weighted by atomic mass is 10.2. The van der Waals surface area contributed by atoms with E-state index < -0.39 is 11.8 Å². The molecule has 0 saturated heterocycles. The molecule has 2 rings (SSSR count). The summed E-state index contributed by atoms with van der Waals surface area (Å²) in [6, 6.07) is 4.20. The molecule has 0 saturated carbocycles. The number of nitrogens with zero attached hydrogens (tertiary/aromatic N) is 3. The predicted molar refractivity (Wildman–Crippen MR) is 67.4 cm³/mol. The summed E-state index contributed by atoms with van der Waals surface area (Å²) in [5, 5.41) is 12.9. The Kier molecular flexibility index (Phi) is 3.53. The van der Waals surface area contributed by atoms with Gasteiger partial charge in [-0.3, -0.25) is 0 Å². The topological polar surface area (TPSA) is 68.0 Å². The number of halogens is 2. The quantitative estimate of drug-likeness (QED) is 0.940. The van der Waals surface area contributed by atoms with Crippen molar-refractivity contribution in [2.75, 3.05) is 0 Å². The molecular formula is C12H11ClFN3O2. The minimum absolute atomic E-state index is 0.00728. The van der Waals surface area contributed by atoms with Crippen molar-refractivity contribution in [3.05, 3.63) is 40.7 Å².